The van der Waals surface area contributed by atoms with E-state index in [9.17, 15) is 29.1 Å². The fraction of sp³-hybridized carbons (Fsp3) is 0.607. The zero-order chi connectivity index (χ0) is 29.1. The molecule has 2 rings (SSSR count). The van der Waals surface area contributed by atoms with Gasteiger partial charge in [0.15, 0.2) is 5.78 Å². The first-order chi connectivity index (χ1) is 18.5. The zero-order valence-corrected chi connectivity index (χ0v) is 23.2. The molecule has 3 amide bonds. The first-order valence-corrected chi connectivity index (χ1v) is 13.4. The SMILES string of the molecule is COC(C(C)C(=O)NC(Cc1ccccc1)C(=O)O)C1CCCN1C(=O)CCC(=O)CNC(=O)C(N)C(C)C. The predicted molar refractivity (Wildman–Crippen MR) is 144 cm³/mol. The second kappa shape index (κ2) is 15.3. The number of nitrogens with one attached hydrogen (secondary N) is 2. The molecule has 0 saturated carbocycles. The Morgan fingerprint density at radius 3 is 2.33 bits per heavy atom. The van der Waals surface area contributed by atoms with E-state index in [1.165, 1.54) is 7.11 Å². The van der Waals surface area contributed by atoms with E-state index in [2.05, 4.69) is 10.6 Å². The maximum absolute atomic E-state index is 13.1. The Kier molecular flexibility index (Phi) is 12.5. The summed E-state index contributed by atoms with van der Waals surface area (Å²) in [5, 5.41) is 14.8. The molecule has 5 N–H and O–H groups in total. The normalized spacial score (nSPS) is 18.2. The molecule has 0 aliphatic carbocycles. The average molecular weight is 547 g/mol. The monoisotopic (exact) mass is 546 g/mol. The largest absolute Gasteiger partial charge is 0.480 e. The van der Waals surface area contributed by atoms with Gasteiger partial charge in [-0.1, -0.05) is 51.1 Å². The summed E-state index contributed by atoms with van der Waals surface area (Å²) in [6, 6.07) is 6.82. The van der Waals surface area contributed by atoms with Gasteiger partial charge in [-0.15, -0.1) is 0 Å². The fourth-order valence-electron chi connectivity index (χ4n) is 4.73. The maximum Gasteiger partial charge on any atom is 0.326 e. The van der Waals surface area contributed by atoms with E-state index in [1.807, 2.05) is 19.9 Å². The molecule has 0 bridgehead atoms. The standard InChI is InChI=1S/C28H42N4O7/c1-17(2)24(29)27(36)30-16-20(33)12-13-23(34)32-14-8-11-22(32)25(39-4)18(3)26(35)31-21(28(37)38)15-19-9-6-5-7-10-19/h5-7,9-10,17-18,21-22,24-25H,8,11-16,29H2,1-4H3,(H,30,36)(H,31,35)(H,37,38). The number of nitrogens with two attached hydrogens (primary N) is 1. The summed E-state index contributed by atoms with van der Waals surface area (Å²) in [5.41, 5.74) is 6.56. The number of hydrogen-bond acceptors (Lipinski definition) is 7. The van der Waals surface area contributed by atoms with Crippen molar-refractivity contribution in [1.82, 2.24) is 15.5 Å². The van der Waals surface area contributed by atoms with Gasteiger partial charge in [-0.2, -0.15) is 0 Å². The van der Waals surface area contributed by atoms with Crippen molar-refractivity contribution in [3.8, 4) is 0 Å². The van der Waals surface area contributed by atoms with E-state index < -0.39 is 41.9 Å². The number of hydrogen-bond donors (Lipinski definition) is 4. The Bertz CT molecular complexity index is 1000. The number of carboxylic acids is 1. The van der Waals surface area contributed by atoms with Crippen LogP contribution in [-0.4, -0.2) is 83.9 Å². The lowest BCUT2D eigenvalue weighted by atomic mass is 9.94. The molecular weight excluding hydrogens is 504 g/mol. The maximum atomic E-state index is 13.1. The molecule has 1 saturated heterocycles. The van der Waals surface area contributed by atoms with Gasteiger partial charge in [0.05, 0.1) is 30.7 Å². The molecule has 1 heterocycles. The third-order valence-corrected chi connectivity index (χ3v) is 7.17. The van der Waals surface area contributed by atoms with Gasteiger partial charge in [0.25, 0.3) is 0 Å². The van der Waals surface area contributed by atoms with Gasteiger partial charge in [-0.25, -0.2) is 4.79 Å². The average Bonchev–Trinajstić information content (AvgIpc) is 3.39. The molecule has 11 nitrogen and oxygen atoms in total. The lowest BCUT2D eigenvalue weighted by Gasteiger charge is -2.34. The minimum Gasteiger partial charge on any atom is -0.480 e. The number of methoxy groups -OCH3 is 1. The third-order valence-electron chi connectivity index (χ3n) is 7.17. The zero-order valence-electron chi connectivity index (χ0n) is 23.2. The molecular formula is C28H42N4O7. The number of carbonyl (C=O) groups is 5. The van der Waals surface area contributed by atoms with Gasteiger partial charge in [0, 0.05) is 32.9 Å². The van der Waals surface area contributed by atoms with Crippen LogP contribution in [0.2, 0.25) is 0 Å². The Labute approximate surface area is 229 Å². The molecule has 11 heteroatoms. The summed E-state index contributed by atoms with van der Waals surface area (Å²) in [4.78, 5) is 63.8. The number of Topliss-reactive ketones (excluding diaryl/α,β-unsaturated/α-hetero) is 1. The first-order valence-electron chi connectivity index (χ1n) is 13.4. The van der Waals surface area contributed by atoms with Gasteiger partial charge >= 0.3 is 5.97 Å². The van der Waals surface area contributed by atoms with Gasteiger partial charge in [0.2, 0.25) is 17.7 Å². The molecule has 0 radical (unpaired) electrons. The van der Waals surface area contributed by atoms with Crippen LogP contribution in [0, 0.1) is 11.8 Å². The van der Waals surface area contributed by atoms with Crippen molar-refractivity contribution in [2.24, 2.45) is 17.6 Å². The molecule has 1 aliphatic heterocycles. The van der Waals surface area contributed by atoms with E-state index in [4.69, 9.17) is 10.5 Å². The van der Waals surface area contributed by atoms with E-state index in [1.54, 1.807) is 36.1 Å². The summed E-state index contributed by atoms with van der Waals surface area (Å²) in [7, 11) is 1.46. The van der Waals surface area contributed by atoms with E-state index in [0.29, 0.717) is 19.4 Å². The molecule has 1 fully saturated rings. The van der Waals surface area contributed by atoms with Crippen LogP contribution >= 0.6 is 0 Å². The number of likely N-dealkylation sites (tertiary alicyclic amines) is 1. The summed E-state index contributed by atoms with van der Waals surface area (Å²) < 4.78 is 5.66. The Hall–Kier alpha value is -3.31. The van der Waals surface area contributed by atoms with Crippen molar-refractivity contribution in [3.63, 3.8) is 0 Å². The Morgan fingerprint density at radius 2 is 1.74 bits per heavy atom. The number of carbonyl (C=O) groups excluding carboxylic acids is 4. The number of rotatable bonds is 15. The smallest absolute Gasteiger partial charge is 0.326 e. The summed E-state index contributed by atoms with van der Waals surface area (Å²) in [5.74, 6) is -3.34. The predicted octanol–water partition coefficient (Wildman–Crippen LogP) is 0.889. The molecule has 1 aliphatic rings. The first kappa shape index (κ1) is 31.9. The molecule has 1 aromatic rings. The molecule has 39 heavy (non-hydrogen) atoms. The minimum absolute atomic E-state index is 0.0311. The molecule has 216 valence electrons. The van der Waals surface area contributed by atoms with Crippen LogP contribution < -0.4 is 16.4 Å². The third kappa shape index (κ3) is 9.43. The van der Waals surface area contributed by atoms with Gasteiger partial charge in [-0.05, 0) is 24.3 Å². The van der Waals surface area contributed by atoms with E-state index in [-0.39, 0.29) is 49.5 Å². The van der Waals surface area contributed by atoms with Crippen LogP contribution in [0.15, 0.2) is 30.3 Å². The van der Waals surface area contributed by atoms with E-state index >= 15 is 0 Å². The lowest BCUT2D eigenvalue weighted by Crippen LogP contribution is -2.52. The van der Waals surface area contributed by atoms with Crippen molar-refractivity contribution in [2.45, 2.75) is 77.1 Å². The highest BCUT2D eigenvalue weighted by atomic mass is 16.5. The van der Waals surface area contributed by atoms with Crippen LogP contribution in [0.4, 0.5) is 0 Å². The van der Waals surface area contributed by atoms with Crippen LogP contribution in [0.3, 0.4) is 0 Å². The minimum atomic E-state index is -1.14. The highest BCUT2D eigenvalue weighted by Gasteiger charge is 2.40. The molecule has 0 aromatic heterocycles. The van der Waals surface area contributed by atoms with Gasteiger partial charge in [-0.3, -0.25) is 19.2 Å². The molecule has 5 atom stereocenters. The summed E-state index contributed by atoms with van der Waals surface area (Å²) >= 11 is 0. The van der Waals surface area contributed by atoms with Crippen molar-refractivity contribution in [3.05, 3.63) is 35.9 Å². The second-order valence-corrected chi connectivity index (χ2v) is 10.4. The van der Waals surface area contributed by atoms with Crippen LogP contribution in [0.5, 0.6) is 0 Å². The van der Waals surface area contributed by atoms with Gasteiger partial charge in [0.1, 0.15) is 6.04 Å². The number of amides is 3. The summed E-state index contributed by atoms with van der Waals surface area (Å²) in [6.07, 6.45) is 0.746. The molecule has 5 unspecified atom stereocenters. The fourth-order valence-corrected chi connectivity index (χ4v) is 4.73. The topological polar surface area (TPSA) is 168 Å². The Balaban J connectivity index is 1.95. The second-order valence-electron chi connectivity index (χ2n) is 10.4. The number of nitrogens with zero attached hydrogens (tertiary/aromatic N) is 1. The molecule has 1 aromatic carbocycles. The van der Waals surface area contributed by atoms with Crippen molar-refractivity contribution >= 4 is 29.5 Å². The van der Waals surface area contributed by atoms with Crippen molar-refractivity contribution in [1.29, 1.82) is 0 Å². The number of aliphatic carboxylic acids is 1. The molecule has 0 spiro atoms. The highest BCUT2D eigenvalue weighted by molar-refractivity contribution is 5.90. The van der Waals surface area contributed by atoms with E-state index in [0.717, 1.165) is 5.56 Å². The van der Waals surface area contributed by atoms with Crippen LogP contribution in [-0.2, 0) is 35.1 Å². The number of benzene rings is 1. The number of ether oxygens (including phenoxy) is 1. The highest BCUT2D eigenvalue weighted by Crippen LogP contribution is 2.27. The van der Waals surface area contributed by atoms with Crippen LogP contribution in [0.1, 0.15) is 52.0 Å². The lowest BCUT2D eigenvalue weighted by molar-refractivity contribution is -0.144. The summed E-state index contributed by atoms with van der Waals surface area (Å²) in [6.45, 7) is 5.55. The quantitative estimate of drug-likeness (QED) is 0.251. The number of ketones is 1. The van der Waals surface area contributed by atoms with Crippen molar-refractivity contribution < 1.29 is 33.8 Å². The Morgan fingerprint density at radius 1 is 1.08 bits per heavy atom. The van der Waals surface area contributed by atoms with Gasteiger partial charge < -0.3 is 31.1 Å². The number of carboxylic acid groups (broad SMARTS) is 1. The van der Waals surface area contributed by atoms with Crippen molar-refractivity contribution in [2.75, 3.05) is 20.2 Å². The van der Waals surface area contributed by atoms with Crippen LogP contribution in [0.25, 0.3) is 0 Å².